The van der Waals surface area contributed by atoms with Crippen molar-refractivity contribution in [2.24, 2.45) is 0 Å². The zero-order valence-electron chi connectivity index (χ0n) is 12.1. The van der Waals surface area contributed by atoms with Gasteiger partial charge >= 0.3 is 0 Å². The van der Waals surface area contributed by atoms with Gasteiger partial charge in [0.2, 0.25) is 0 Å². The van der Waals surface area contributed by atoms with E-state index in [1.807, 2.05) is 37.3 Å². The summed E-state index contributed by atoms with van der Waals surface area (Å²) in [7, 11) is 0. The number of benzene rings is 2. The molecule has 1 N–H and O–H groups in total. The van der Waals surface area contributed by atoms with Gasteiger partial charge in [0.05, 0.1) is 10.0 Å². The number of carbonyl (C=O) groups is 1. The quantitative estimate of drug-likeness (QED) is 0.846. The van der Waals surface area contributed by atoms with Crippen LogP contribution in [-0.4, -0.2) is 12.5 Å². The Morgan fingerprint density at radius 3 is 2.50 bits per heavy atom. The minimum Gasteiger partial charge on any atom is -0.345 e. The molecule has 0 radical (unpaired) electrons. The molecule has 0 unspecified atom stereocenters. The van der Waals surface area contributed by atoms with Crippen molar-refractivity contribution in [2.45, 2.75) is 13.3 Å². The highest BCUT2D eigenvalue weighted by atomic mass is 35.5. The van der Waals surface area contributed by atoms with E-state index in [-0.39, 0.29) is 5.91 Å². The van der Waals surface area contributed by atoms with Crippen LogP contribution in [0.3, 0.4) is 0 Å². The zero-order chi connectivity index (χ0) is 15.9. The fourth-order valence-corrected chi connectivity index (χ4v) is 2.15. The van der Waals surface area contributed by atoms with E-state index in [0.717, 1.165) is 16.7 Å². The van der Waals surface area contributed by atoms with E-state index >= 15 is 0 Å². The lowest BCUT2D eigenvalue weighted by atomic mass is 10.1. The second kappa shape index (κ2) is 7.89. The number of halogens is 2. The molecule has 0 atom stereocenters. The van der Waals surface area contributed by atoms with Crippen LogP contribution in [0.1, 0.15) is 16.7 Å². The topological polar surface area (TPSA) is 29.1 Å². The van der Waals surface area contributed by atoms with E-state index in [4.69, 9.17) is 23.2 Å². The summed E-state index contributed by atoms with van der Waals surface area (Å²) in [6.07, 6.45) is 0.675. The first-order valence-electron chi connectivity index (χ1n) is 6.85. The van der Waals surface area contributed by atoms with Gasteiger partial charge in [-0.05, 0) is 43.2 Å². The summed E-state index contributed by atoms with van der Waals surface area (Å²) in [4.78, 5) is 11.7. The molecule has 0 fully saturated rings. The van der Waals surface area contributed by atoms with Gasteiger partial charge in [-0.25, -0.2) is 0 Å². The zero-order valence-corrected chi connectivity index (χ0v) is 13.6. The van der Waals surface area contributed by atoms with Crippen molar-refractivity contribution in [1.29, 1.82) is 0 Å². The smallest absolute Gasteiger partial charge is 0.296 e. The molecular formula is C18H15Cl2NO. The van der Waals surface area contributed by atoms with Crippen LogP contribution in [0.25, 0.3) is 0 Å². The highest BCUT2D eigenvalue weighted by Crippen LogP contribution is 2.22. The third-order valence-electron chi connectivity index (χ3n) is 3.06. The van der Waals surface area contributed by atoms with Crippen molar-refractivity contribution in [2.75, 3.05) is 6.54 Å². The highest BCUT2D eigenvalue weighted by molar-refractivity contribution is 6.42. The van der Waals surface area contributed by atoms with E-state index in [2.05, 4.69) is 17.2 Å². The Labute approximate surface area is 140 Å². The third kappa shape index (κ3) is 5.11. The number of rotatable bonds is 3. The van der Waals surface area contributed by atoms with Crippen LogP contribution in [0.2, 0.25) is 10.0 Å². The number of hydrogen-bond acceptors (Lipinski definition) is 1. The van der Waals surface area contributed by atoms with Crippen LogP contribution < -0.4 is 5.32 Å². The fourth-order valence-electron chi connectivity index (χ4n) is 1.83. The number of carbonyl (C=O) groups excluding carboxylic acids is 1. The van der Waals surface area contributed by atoms with Crippen LogP contribution in [0, 0.1) is 18.8 Å². The van der Waals surface area contributed by atoms with Gasteiger partial charge in [0.15, 0.2) is 0 Å². The van der Waals surface area contributed by atoms with Crippen molar-refractivity contribution in [3.63, 3.8) is 0 Å². The molecule has 2 aromatic carbocycles. The van der Waals surface area contributed by atoms with Gasteiger partial charge in [-0.3, -0.25) is 4.79 Å². The van der Waals surface area contributed by atoms with E-state index in [1.54, 1.807) is 12.1 Å². The van der Waals surface area contributed by atoms with Crippen molar-refractivity contribution in [3.05, 3.63) is 69.2 Å². The number of amides is 1. The summed E-state index contributed by atoms with van der Waals surface area (Å²) in [5.74, 6) is 5.12. The van der Waals surface area contributed by atoms with Crippen molar-refractivity contribution in [3.8, 4) is 11.8 Å². The predicted molar refractivity (Wildman–Crippen MR) is 91.2 cm³/mol. The van der Waals surface area contributed by atoms with Crippen LogP contribution in [0.15, 0.2) is 42.5 Å². The molecule has 112 valence electrons. The first-order valence-corrected chi connectivity index (χ1v) is 7.60. The summed E-state index contributed by atoms with van der Waals surface area (Å²) in [6, 6.07) is 13.2. The molecule has 0 aliphatic rings. The molecule has 2 nitrogen and oxygen atoms in total. The molecule has 0 aromatic heterocycles. The van der Waals surface area contributed by atoms with E-state index in [0.29, 0.717) is 23.0 Å². The standard InChI is InChI=1S/C18H15Cl2NO/c1-13-2-4-14(5-3-13)7-9-18(22)21-11-10-15-6-8-16(19)17(20)12-15/h2-6,8,12H,10-11H2,1H3,(H,21,22). The molecule has 22 heavy (non-hydrogen) atoms. The lowest BCUT2D eigenvalue weighted by Gasteiger charge is -2.03. The molecule has 0 aliphatic carbocycles. The van der Waals surface area contributed by atoms with Crippen molar-refractivity contribution in [1.82, 2.24) is 5.32 Å². The van der Waals surface area contributed by atoms with Crippen LogP contribution in [0.4, 0.5) is 0 Å². The average Bonchev–Trinajstić information content (AvgIpc) is 2.50. The summed E-state index contributed by atoms with van der Waals surface area (Å²) >= 11 is 11.8. The van der Waals surface area contributed by atoms with E-state index < -0.39 is 0 Å². The Morgan fingerprint density at radius 1 is 1.09 bits per heavy atom. The van der Waals surface area contributed by atoms with Crippen LogP contribution in [0.5, 0.6) is 0 Å². The summed E-state index contributed by atoms with van der Waals surface area (Å²) in [5, 5.41) is 3.80. The Balaban J connectivity index is 1.83. The third-order valence-corrected chi connectivity index (χ3v) is 3.79. The van der Waals surface area contributed by atoms with Gasteiger partial charge in [0.25, 0.3) is 5.91 Å². The van der Waals surface area contributed by atoms with Gasteiger partial charge < -0.3 is 5.32 Å². The predicted octanol–water partition coefficient (Wildman–Crippen LogP) is 4.01. The molecular weight excluding hydrogens is 317 g/mol. The SMILES string of the molecule is Cc1ccc(C#CC(=O)NCCc2ccc(Cl)c(Cl)c2)cc1. The summed E-state index contributed by atoms with van der Waals surface area (Å²) in [6.45, 7) is 2.51. The number of nitrogens with one attached hydrogen (secondary N) is 1. The van der Waals surface area contributed by atoms with E-state index in [1.165, 1.54) is 0 Å². The van der Waals surface area contributed by atoms with Gasteiger partial charge in [0.1, 0.15) is 0 Å². The molecule has 0 heterocycles. The van der Waals surface area contributed by atoms with Crippen molar-refractivity contribution < 1.29 is 4.79 Å². The van der Waals surface area contributed by atoms with Gasteiger partial charge in [0, 0.05) is 18.0 Å². The normalized spacial score (nSPS) is 9.77. The monoisotopic (exact) mass is 331 g/mol. The van der Waals surface area contributed by atoms with Gasteiger partial charge in [-0.1, -0.05) is 52.9 Å². The van der Waals surface area contributed by atoms with Gasteiger partial charge in [-0.2, -0.15) is 0 Å². The molecule has 0 spiro atoms. The van der Waals surface area contributed by atoms with Crippen LogP contribution >= 0.6 is 23.2 Å². The number of hydrogen-bond donors (Lipinski definition) is 1. The maximum absolute atomic E-state index is 11.7. The Morgan fingerprint density at radius 2 is 1.82 bits per heavy atom. The maximum Gasteiger partial charge on any atom is 0.296 e. The lowest BCUT2D eigenvalue weighted by molar-refractivity contribution is -0.115. The van der Waals surface area contributed by atoms with Crippen molar-refractivity contribution >= 4 is 29.1 Å². The first kappa shape index (κ1) is 16.4. The molecule has 1 amide bonds. The molecule has 2 rings (SSSR count). The largest absolute Gasteiger partial charge is 0.345 e. The van der Waals surface area contributed by atoms with Gasteiger partial charge in [-0.15, -0.1) is 0 Å². The minimum atomic E-state index is -0.291. The van der Waals surface area contributed by atoms with Crippen LogP contribution in [-0.2, 0) is 11.2 Å². The molecule has 0 saturated heterocycles. The lowest BCUT2D eigenvalue weighted by Crippen LogP contribution is -2.24. The fraction of sp³-hybridized carbons (Fsp3) is 0.167. The first-order chi connectivity index (χ1) is 10.5. The summed E-state index contributed by atoms with van der Waals surface area (Å²) in [5.41, 5.74) is 3.00. The minimum absolute atomic E-state index is 0.291. The molecule has 0 aliphatic heterocycles. The average molecular weight is 332 g/mol. The second-order valence-corrected chi connectivity index (χ2v) is 5.68. The number of aryl methyl sites for hydroxylation is 1. The molecule has 0 bridgehead atoms. The summed E-state index contributed by atoms with van der Waals surface area (Å²) < 4.78 is 0. The Bertz CT molecular complexity index is 727. The highest BCUT2D eigenvalue weighted by Gasteiger charge is 2.00. The molecule has 2 aromatic rings. The molecule has 0 saturated carbocycles. The Hall–Kier alpha value is -1.95. The second-order valence-electron chi connectivity index (χ2n) is 4.87. The Kier molecular flexibility index (Phi) is 5.89. The molecule has 4 heteroatoms. The van der Waals surface area contributed by atoms with E-state index in [9.17, 15) is 4.79 Å². The maximum atomic E-state index is 11.7.